The van der Waals surface area contributed by atoms with Crippen molar-refractivity contribution in [3.05, 3.63) is 34.3 Å². The molecule has 1 aliphatic heterocycles. The minimum atomic E-state index is -0.413. The van der Waals surface area contributed by atoms with Crippen LogP contribution in [0, 0.1) is 0 Å². The van der Waals surface area contributed by atoms with Gasteiger partial charge in [-0.2, -0.15) is 0 Å². The molecule has 5 heteroatoms. The quantitative estimate of drug-likeness (QED) is 0.789. The van der Waals surface area contributed by atoms with E-state index in [0.29, 0.717) is 13.0 Å². The van der Waals surface area contributed by atoms with Crippen LogP contribution in [0.15, 0.2) is 28.7 Å². The first-order chi connectivity index (χ1) is 9.10. The van der Waals surface area contributed by atoms with Crippen LogP contribution in [0.1, 0.15) is 31.4 Å². The molecule has 2 rings (SSSR count). The molecule has 3 unspecified atom stereocenters. The Morgan fingerprint density at radius 3 is 2.74 bits per heavy atom. The molecule has 4 nitrogen and oxygen atoms in total. The van der Waals surface area contributed by atoms with Gasteiger partial charge in [0, 0.05) is 11.0 Å². The van der Waals surface area contributed by atoms with Crippen molar-refractivity contribution in [2.24, 2.45) is 0 Å². The maximum absolute atomic E-state index is 12.1. The molecule has 1 fully saturated rings. The van der Waals surface area contributed by atoms with E-state index in [0.717, 1.165) is 16.5 Å². The third kappa shape index (κ3) is 3.78. The number of nitrogens with one attached hydrogen (secondary N) is 2. The maximum Gasteiger partial charge on any atom is 0.237 e. The van der Waals surface area contributed by atoms with Crippen molar-refractivity contribution in [2.75, 3.05) is 6.54 Å². The fourth-order valence-corrected chi connectivity index (χ4v) is 2.57. The molecule has 104 valence electrons. The lowest BCUT2D eigenvalue weighted by molar-refractivity contribution is -0.123. The summed E-state index contributed by atoms with van der Waals surface area (Å²) in [5.41, 5.74) is 1.09. The zero-order valence-corrected chi connectivity index (χ0v) is 12.5. The molecule has 0 bridgehead atoms. The van der Waals surface area contributed by atoms with Gasteiger partial charge in [0.05, 0.1) is 18.2 Å². The van der Waals surface area contributed by atoms with E-state index in [4.69, 9.17) is 0 Å². The molecule has 0 aromatic heterocycles. The molecule has 0 aliphatic carbocycles. The molecule has 1 aromatic rings. The molecule has 0 radical (unpaired) electrons. The summed E-state index contributed by atoms with van der Waals surface area (Å²) in [5, 5.41) is 15.5. The van der Waals surface area contributed by atoms with Gasteiger partial charge < -0.3 is 15.7 Å². The molecule has 3 atom stereocenters. The lowest BCUT2D eigenvalue weighted by Gasteiger charge is -2.20. The fraction of sp³-hybridized carbons (Fsp3) is 0.500. The van der Waals surface area contributed by atoms with Gasteiger partial charge in [0.2, 0.25) is 5.91 Å². The van der Waals surface area contributed by atoms with Crippen molar-refractivity contribution in [1.29, 1.82) is 0 Å². The predicted octanol–water partition coefficient (Wildman–Crippen LogP) is 1.74. The summed E-state index contributed by atoms with van der Waals surface area (Å²) in [6.45, 7) is 2.54. The molecule has 1 aliphatic rings. The number of aliphatic hydroxyl groups excluding tert-OH is 1. The van der Waals surface area contributed by atoms with Crippen molar-refractivity contribution in [3.8, 4) is 0 Å². The van der Waals surface area contributed by atoms with E-state index in [-0.39, 0.29) is 18.0 Å². The molecular weight excluding hydrogens is 308 g/mol. The third-order valence-electron chi connectivity index (χ3n) is 3.42. The van der Waals surface area contributed by atoms with Gasteiger partial charge in [0.25, 0.3) is 0 Å². The van der Waals surface area contributed by atoms with E-state index in [1.54, 1.807) is 0 Å². The number of hydrogen-bond acceptors (Lipinski definition) is 3. The second-order valence-electron chi connectivity index (χ2n) is 4.87. The van der Waals surface area contributed by atoms with Crippen molar-refractivity contribution in [1.82, 2.24) is 10.6 Å². The SMILES string of the molecule is CCC(NC(=O)C1CC(O)CN1)c1ccc(Br)cc1. The average Bonchev–Trinajstić information content (AvgIpc) is 2.84. The topological polar surface area (TPSA) is 61.4 Å². The van der Waals surface area contributed by atoms with E-state index in [9.17, 15) is 9.90 Å². The van der Waals surface area contributed by atoms with Gasteiger partial charge in [-0.3, -0.25) is 4.79 Å². The Morgan fingerprint density at radius 1 is 1.53 bits per heavy atom. The van der Waals surface area contributed by atoms with E-state index in [1.165, 1.54) is 0 Å². The Balaban J connectivity index is 1.99. The van der Waals surface area contributed by atoms with Crippen LogP contribution in [0.5, 0.6) is 0 Å². The Labute approximate surface area is 121 Å². The molecule has 19 heavy (non-hydrogen) atoms. The average molecular weight is 327 g/mol. The number of carbonyl (C=O) groups excluding carboxylic acids is 1. The zero-order chi connectivity index (χ0) is 13.8. The number of β-amino-alcohol motifs (C(OH)–C–C–N with tert-alkyl or cyclic N) is 1. The van der Waals surface area contributed by atoms with Gasteiger partial charge >= 0.3 is 0 Å². The summed E-state index contributed by atoms with van der Waals surface area (Å²) in [6.07, 6.45) is 0.911. The third-order valence-corrected chi connectivity index (χ3v) is 3.95. The Hall–Kier alpha value is -0.910. The van der Waals surface area contributed by atoms with Crippen LogP contribution in [0.3, 0.4) is 0 Å². The van der Waals surface area contributed by atoms with Crippen LogP contribution < -0.4 is 10.6 Å². The monoisotopic (exact) mass is 326 g/mol. The summed E-state index contributed by atoms with van der Waals surface area (Å²) in [5.74, 6) is -0.0358. The summed E-state index contributed by atoms with van der Waals surface area (Å²) in [7, 11) is 0. The van der Waals surface area contributed by atoms with E-state index >= 15 is 0 Å². The van der Waals surface area contributed by atoms with Crippen molar-refractivity contribution in [2.45, 2.75) is 38.0 Å². The van der Waals surface area contributed by atoms with E-state index in [1.807, 2.05) is 31.2 Å². The van der Waals surface area contributed by atoms with Crippen LogP contribution in [-0.4, -0.2) is 29.7 Å². The largest absolute Gasteiger partial charge is 0.392 e. The highest BCUT2D eigenvalue weighted by atomic mass is 79.9. The molecule has 1 heterocycles. The first-order valence-electron chi connectivity index (χ1n) is 6.57. The van der Waals surface area contributed by atoms with Crippen LogP contribution in [-0.2, 0) is 4.79 Å². The Morgan fingerprint density at radius 2 is 2.21 bits per heavy atom. The maximum atomic E-state index is 12.1. The van der Waals surface area contributed by atoms with Crippen molar-refractivity contribution >= 4 is 21.8 Å². The number of rotatable bonds is 4. The lowest BCUT2D eigenvalue weighted by Crippen LogP contribution is -2.41. The van der Waals surface area contributed by atoms with Crippen LogP contribution in [0.4, 0.5) is 0 Å². The second kappa shape index (κ2) is 6.50. The number of amides is 1. The number of halogens is 1. The van der Waals surface area contributed by atoms with Crippen molar-refractivity contribution < 1.29 is 9.90 Å². The van der Waals surface area contributed by atoms with Gasteiger partial charge in [-0.1, -0.05) is 35.0 Å². The van der Waals surface area contributed by atoms with Crippen LogP contribution in [0.25, 0.3) is 0 Å². The second-order valence-corrected chi connectivity index (χ2v) is 5.79. The highest BCUT2D eigenvalue weighted by Crippen LogP contribution is 2.20. The number of benzene rings is 1. The Bertz CT molecular complexity index is 436. The van der Waals surface area contributed by atoms with Gasteiger partial charge in [-0.25, -0.2) is 0 Å². The smallest absolute Gasteiger partial charge is 0.237 e. The molecule has 1 aromatic carbocycles. The van der Waals surface area contributed by atoms with E-state index in [2.05, 4.69) is 26.6 Å². The highest BCUT2D eigenvalue weighted by Gasteiger charge is 2.29. The van der Waals surface area contributed by atoms with Gasteiger partial charge in [0.1, 0.15) is 0 Å². The minimum absolute atomic E-state index is 0.0140. The fourth-order valence-electron chi connectivity index (χ4n) is 2.31. The molecule has 0 spiro atoms. The highest BCUT2D eigenvalue weighted by molar-refractivity contribution is 9.10. The predicted molar refractivity (Wildman–Crippen MR) is 77.7 cm³/mol. The van der Waals surface area contributed by atoms with Crippen LogP contribution >= 0.6 is 15.9 Å². The number of hydrogen-bond donors (Lipinski definition) is 3. The van der Waals surface area contributed by atoms with Crippen molar-refractivity contribution in [3.63, 3.8) is 0 Å². The molecule has 1 saturated heterocycles. The van der Waals surface area contributed by atoms with E-state index < -0.39 is 6.10 Å². The summed E-state index contributed by atoms with van der Waals surface area (Å²) in [4.78, 5) is 12.1. The number of carbonyl (C=O) groups is 1. The van der Waals surface area contributed by atoms with Gasteiger partial charge in [-0.05, 0) is 30.5 Å². The first kappa shape index (κ1) is 14.5. The van der Waals surface area contributed by atoms with Gasteiger partial charge in [0.15, 0.2) is 0 Å². The number of aliphatic hydroxyl groups is 1. The van der Waals surface area contributed by atoms with Crippen LogP contribution in [0.2, 0.25) is 0 Å². The Kier molecular flexibility index (Phi) is 4.96. The standard InChI is InChI=1S/C14H19BrN2O2/c1-2-12(9-3-5-10(15)6-4-9)17-14(19)13-7-11(18)8-16-13/h3-6,11-13,16,18H,2,7-8H2,1H3,(H,17,19). The minimum Gasteiger partial charge on any atom is -0.392 e. The first-order valence-corrected chi connectivity index (χ1v) is 7.36. The molecule has 3 N–H and O–H groups in total. The molecule has 0 saturated carbocycles. The molecular formula is C14H19BrN2O2. The summed E-state index contributed by atoms with van der Waals surface area (Å²) in [6, 6.07) is 7.70. The summed E-state index contributed by atoms with van der Waals surface area (Å²) < 4.78 is 1.03. The normalized spacial score (nSPS) is 24.2. The lowest BCUT2D eigenvalue weighted by atomic mass is 10.0. The van der Waals surface area contributed by atoms with Gasteiger partial charge in [-0.15, -0.1) is 0 Å². The zero-order valence-electron chi connectivity index (χ0n) is 10.9. The summed E-state index contributed by atoms with van der Waals surface area (Å²) >= 11 is 3.40. The molecule has 1 amide bonds.